The molecule has 148 valence electrons. The summed E-state index contributed by atoms with van der Waals surface area (Å²) in [5, 5.41) is 3.18. The lowest BCUT2D eigenvalue weighted by atomic mass is 10.2. The molecule has 2 aliphatic rings. The lowest BCUT2D eigenvalue weighted by molar-refractivity contribution is 0.0872. The first-order chi connectivity index (χ1) is 13.2. The molecule has 6 nitrogen and oxygen atoms in total. The molecular formula is C21H32N4O2. The molecule has 0 spiro atoms. The Morgan fingerprint density at radius 1 is 1.15 bits per heavy atom. The first-order valence-corrected chi connectivity index (χ1v) is 9.94. The molecular weight excluding hydrogens is 340 g/mol. The van der Waals surface area contributed by atoms with Crippen molar-refractivity contribution in [2.45, 2.75) is 19.1 Å². The number of hydrogen-bond donors (Lipinski definition) is 1. The third kappa shape index (κ3) is 5.54. The maximum absolute atomic E-state index is 12.6. The van der Waals surface area contributed by atoms with Crippen molar-refractivity contribution in [3.05, 3.63) is 42.0 Å². The number of carbonyl (C=O) groups excluding carboxylic acids is 1. The molecule has 1 aromatic rings. The summed E-state index contributed by atoms with van der Waals surface area (Å²) >= 11 is 0. The summed E-state index contributed by atoms with van der Waals surface area (Å²) in [6.45, 7) is 9.16. The molecule has 0 radical (unpaired) electrons. The fourth-order valence-corrected chi connectivity index (χ4v) is 3.77. The highest BCUT2D eigenvalue weighted by atomic mass is 16.5. The lowest BCUT2D eigenvalue weighted by Gasteiger charge is -2.35. The first-order valence-electron chi connectivity index (χ1n) is 9.94. The van der Waals surface area contributed by atoms with Gasteiger partial charge in [-0.15, -0.1) is 0 Å². The number of hydrogen-bond acceptors (Lipinski definition) is 4. The number of ether oxygens (including phenoxy) is 1. The molecule has 0 aliphatic carbocycles. The van der Waals surface area contributed by atoms with Crippen LogP contribution >= 0.6 is 0 Å². The van der Waals surface area contributed by atoms with Gasteiger partial charge in [0.15, 0.2) is 0 Å². The normalized spacial score (nSPS) is 24.6. The van der Waals surface area contributed by atoms with E-state index in [-0.39, 0.29) is 18.2 Å². The van der Waals surface area contributed by atoms with Crippen LogP contribution in [0.15, 0.2) is 36.4 Å². The minimum atomic E-state index is 0.0412. The summed E-state index contributed by atoms with van der Waals surface area (Å²) in [4.78, 5) is 19.3. The van der Waals surface area contributed by atoms with Crippen molar-refractivity contribution in [1.29, 1.82) is 0 Å². The molecule has 2 heterocycles. The minimum absolute atomic E-state index is 0.0412. The topological polar surface area (TPSA) is 48.1 Å². The third-order valence-corrected chi connectivity index (χ3v) is 5.53. The van der Waals surface area contributed by atoms with Gasteiger partial charge in [-0.2, -0.15) is 0 Å². The van der Waals surface area contributed by atoms with E-state index in [0.717, 1.165) is 52.4 Å². The summed E-state index contributed by atoms with van der Waals surface area (Å²) in [5.74, 6) is 0. The second-order valence-corrected chi connectivity index (χ2v) is 7.28. The number of carbonyl (C=O) groups is 1. The molecule has 0 aromatic heterocycles. The van der Waals surface area contributed by atoms with Crippen LogP contribution < -0.4 is 5.32 Å². The average molecular weight is 373 g/mol. The number of urea groups is 1. The summed E-state index contributed by atoms with van der Waals surface area (Å²) in [6, 6.07) is 10.5. The Hall–Kier alpha value is -1.89. The van der Waals surface area contributed by atoms with Gasteiger partial charge in [-0.05, 0) is 12.1 Å². The fourth-order valence-electron chi connectivity index (χ4n) is 3.77. The van der Waals surface area contributed by atoms with Crippen LogP contribution in [0.1, 0.15) is 12.5 Å². The van der Waals surface area contributed by atoms with E-state index in [1.807, 2.05) is 11.0 Å². The smallest absolute Gasteiger partial charge is 0.317 e. The van der Waals surface area contributed by atoms with Crippen LogP contribution in [0.2, 0.25) is 0 Å². The van der Waals surface area contributed by atoms with Crippen molar-refractivity contribution in [2.24, 2.45) is 0 Å². The summed E-state index contributed by atoms with van der Waals surface area (Å²) < 4.78 is 5.55. The third-order valence-electron chi connectivity index (χ3n) is 5.53. The number of likely N-dealkylation sites (tertiary alicyclic amines) is 1. The Balaban J connectivity index is 1.41. The van der Waals surface area contributed by atoms with Gasteiger partial charge in [-0.1, -0.05) is 49.4 Å². The zero-order valence-electron chi connectivity index (χ0n) is 16.5. The molecule has 1 aromatic carbocycles. The molecule has 27 heavy (non-hydrogen) atoms. The van der Waals surface area contributed by atoms with Crippen LogP contribution in [-0.4, -0.2) is 92.3 Å². The predicted molar refractivity (Wildman–Crippen MR) is 109 cm³/mol. The SMILES string of the molecule is CCN1C[C@H](NC(=O)N2CCN(C/C=C/c3ccccc3)CC2)[C@@H](OC)C1. The van der Waals surface area contributed by atoms with E-state index in [4.69, 9.17) is 4.74 Å². The molecule has 2 amide bonds. The zero-order valence-corrected chi connectivity index (χ0v) is 16.5. The van der Waals surface area contributed by atoms with E-state index >= 15 is 0 Å². The number of benzene rings is 1. The average Bonchev–Trinajstić information content (AvgIpc) is 3.11. The number of methoxy groups -OCH3 is 1. The molecule has 3 rings (SSSR count). The molecule has 2 atom stereocenters. The van der Waals surface area contributed by atoms with E-state index < -0.39 is 0 Å². The monoisotopic (exact) mass is 372 g/mol. The van der Waals surface area contributed by atoms with Gasteiger partial charge in [-0.25, -0.2) is 4.79 Å². The van der Waals surface area contributed by atoms with E-state index in [0.29, 0.717) is 0 Å². The second kappa shape index (κ2) is 9.88. The highest BCUT2D eigenvalue weighted by molar-refractivity contribution is 5.74. The molecule has 0 saturated carbocycles. The van der Waals surface area contributed by atoms with Crippen molar-refractivity contribution >= 4 is 12.1 Å². The van der Waals surface area contributed by atoms with E-state index in [9.17, 15) is 4.79 Å². The van der Waals surface area contributed by atoms with Crippen molar-refractivity contribution in [2.75, 3.05) is 59.5 Å². The van der Waals surface area contributed by atoms with Crippen LogP contribution in [-0.2, 0) is 4.74 Å². The van der Waals surface area contributed by atoms with Gasteiger partial charge >= 0.3 is 6.03 Å². The maximum Gasteiger partial charge on any atom is 0.317 e. The summed E-state index contributed by atoms with van der Waals surface area (Å²) in [6.07, 6.45) is 4.44. The van der Waals surface area contributed by atoms with Gasteiger partial charge in [0.2, 0.25) is 0 Å². The van der Waals surface area contributed by atoms with E-state index in [2.05, 4.69) is 58.5 Å². The van der Waals surface area contributed by atoms with Crippen LogP contribution in [0.3, 0.4) is 0 Å². The standard InChI is InChI=1S/C21H32N4O2/c1-3-23-16-19(20(17-23)27-2)22-21(26)25-14-12-24(13-15-25)11-7-10-18-8-5-4-6-9-18/h4-10,19-20H,3,11-17H2,1-2H3,(H,22,26)/b10-7+/t19-,20-/m0/s1. The molecule has 6 heteroatoms. The van der Waals surface area contributed by atoms with Gasteiger partial charge in [0.25, 0.3) is 0 Å². The first kappa shape index (κ1) is 19.9. The minimum Gasteiger partial charge on any atom is -0.378 e. The van der Waals surface area contributed by atoms with Gasteiger partial charge < -0.3 is 15.0 Å². The fraction of sp³-hybridized carbons (Fsp3) is 0.571. The molecule has 2 saturated heterocycles. The Morgan fingerprint density at radius 2 is 1.89 bits per heavy atom. The maximum atomic E-state index is 12.6. The van der Waals surface area contributed by atoms with Gasteiger partial charge in [0.1, 0.15) is 0 Å². The number of rotatable bonds is 6. The van der Waals surface area contributed by atoms with Gasteiger partial charge in [0.05, 0.1) is 12.1 Å². The van der Waals surface area contributed by atoms with E-state index in [1.165, 1.54) is 5.56 Å². The quantitative estimate of drug-likeness (QED) is 0.827. The molecule has 2 aliphatic heterocycles. The van der Waals surface area contributed by atoms with Crippen LogP contribution in [0.5, 0.6) is 0 Å². The van der Waals surface area contributed by atoms with E-state index in [1.54, 1.807) is 7.11 Å². The Morgan fingerprint density at radius 3 is 2.56 bits per heavy atom. The number of nitrogens with one attached hydrogen (secondary N) is 1. The van der Waals surface area contributed by atoms with Crippen LogP contribution in [0.4, 0.5) is 4.79 Å². The Bertz CT molecular complexity index is 614. The number of amides is 2. The predicted octanol–water partition coefficient (Wildman–Crippen LogP) is 1.75. The molecule has 0 bridgehead atoms. The van der Waals surface area contributed by atoms with Crippen LogP contribution in [0, 0.1) is 0 Å². The van der Waals surface area contributed by atoms with Crippen LogP contribution in [0.25, 0.3) is 6.08 Å². The summed E-state index contributed by atoms with van der Waals surface area (Å²) in [7, 11) is 1.73. The zero-order chi connectivity index (χ0) is 19.1. The number of nitrogens with zero attached hydrogens (tertiary/aromatic N) is 3. The van der Waals surface area contributed by atoms with Gasteiger partial charge in [0, 0.05) is 52.9 Å². The Kier molecular flexibility index (Phi) is 7.26. The molecule has 2 fully saturated rings. The highest BCUT2D eigenvalue weighted by Crippen LogP contribution is 2.13. The van der Waals surface area contributed by atoms with Crippen molar-refractivity contribution in [3.8, 4) is 0 Å². The molecule has 0 unspecified atom stereocenters. The van der Waals surface area contributed by atoms with Crippen molar-refractivity contribution in [3.63, 3.8) is 0 Å². The largest absolute Gasteiger partial charge is 0.378 e. The number of piperazine rings is 1. The Labute approximate surface area is 162 Å². The van der Waals surface area contributed by atoms with Crippen molar-refractivity contribution < 1.29 is 9.53 Å². The highest BCUT2D eigenvalue weighted by Gasteiger charge is 2.34. The second-order valence-electron chi connectivity index (χ2n) is 7.28. The summed E-state index contributed by atoms with van der Waals surface area (Å²) in [5.41, 5.74) is 1.22. The number of likely N-dealkylation sites (N-methyl/N-ethyl adjacent to an activating group) is 1. The lowest BCUT2D eigenvalue weighted by Crippen LogP contribution is -2.55. The van der Waals surface area contributed by atoms with Crippen molar-refractivity contribution in [1.82, 2.24) is 20.0 Å². The molecule has 1 N–H and O–H groups in total. The van der Waals surface area contributed by atoms with Gasteiger partial charge in [-0.3, -0.25) is 9.80 Å².